The van der Waals surface area contributed by atoms with Crippen molar-refractivity contribution in [2.24, 2.45) is 5.92 Å². The molecule has 0 aromatic carbocycles. The number of amides is 2. The second-order valence-corrected chi connectivity index (χ2v) is 9.19. The maximum atomic E-state index is 12.8. The molecule has 7 nitrogen and oxygen atoms in total. The van der Waals surface area contributed by atoms with Gasteiger partial charge < -0.3 is 9.80 Å². The summed E-state index contributed by atoms with van der Waals surface area (Å²) in [6, 6.07) is 2.06. The third-order valence-electron chi connectivity index (χ3n) is 7.14. The van der Waals surface area contributed by atoms with Crippen molar-refractivity contribution in [3.05, 3.63) is 28.7 Å². The number of carbonyl (C=O) groups is 2. The maximum absolute atomic E-state index is 12.8. The molecule has 0 saturated carbocycles. The van der Waals surface area contributed by atoms with Gasteiger partial charge in [0.05, 0.1) is 11.7 Å². The lowest BCUT2D eigenvalue weighted by Crippen LogP contribution is -2.34. The average molecular weight is 426 g/mol. The molecule has 0 N–H and O–H groups in total. The van der Waals surface area contributed by atoms with Crippen molar-refractivity contribution in [2.75, 3.05) is 19.6 Å². The zero-order chi connectivity index (χ0) is 22.1. The first-order chi connectivity index (χ1) is 14.9. The molecule has 0 spiro atoms. The van der Waals surface area contributed by atoms with Crippen LogP contribution in [-0.2, 0) is 16.0 Å². The second-order valence-electron chi connectivity index (χ2n) is 9.19. The molecule has 31 heavy (non-hydrogen) atoms. The number of fused-ring (bicyclic) bond motifs is 1. The molecular formula is C24H35N5O2. The first-order valence-electron chi connectivity index (χ1n) is 11.8. The molecule has 4 heterocycles. The summed E-state index contributed by atoms with van der Waals surface area (Å²) >= 11 is 0. The van der Waals surface area contributed by atoms with E-state index in [1.807, 2.05) is 34.2 Å². The fraction of sp³-hybridized carbons (Fsp3) is 0.667. The SMILES string of the molecule is CCC(C)C(=O)N1CCCC1c1cc2nc(C)c(CCC(=O)N3CCCC3)c(C)n2n1. The van der Waals surface area contributed by atoms with E-state index in [1.165, 1.54) is 0 Å². The van der Waals surface area contributed by atoms with Gasteiger partial charge in [0.1, 0.15) is 0 Å². The molecule has 0 bridgehead atoms. The minimum Gasteiger partial charge on any atom is -0.343 e. The van der Waals surface area contributed by atoms with Gasteiger partial charge in [-0.15, -0.1) is 0 Å². The van der Waals surface area contributed by atoms with Crippen LogP contribution in [0.15, 0.2) is 6.07 Å². The highest BCUT2D eigenvalue weighted by Gasteiger charge is 2.33. The van der Waals surface area contributed by atoms with Crippen molar-refractivity contribution in [3.8, 4) is 0 Å². The van der Waals surface area contributed by atoms with Gasteiger partial charge in [-0.25, -0.2) is 9.50 Å². The zero-order valence-electron chi connectivity index (χ0n) is 19.4. The van der Waals surface area contributed by atoms with Crippen molar-refractivity contribution in [3.63, 3.8) is 0 Å². The molecule has 7 heteroatoms. The van der Waals surface area contributed by atoms with Crippen molar-refractivity contribution < 1.29 is 9.59 Å². The van der Waals surface area contributed by atoms with E-state index in [-0.39, 0.29) is 23.8 Å². The molecule has 4 rings (SSSR count). The number of hydrogen-bond acceptors (Lipinski definition) is 4. The number of hydrogen-bond donors (Lipinski definition) is 0. The van der Waals surface area contributed by atoms with Crippen molar-refractivity contribution >= 4 is 17.5 Å². The van der Waals surface area contributed by atoms with E-state index >= 15 is 0 Å². The molecule has 2 saturated heterocycles. The lowest BCUT2D eigenvalue weighted by Gasteiger charge is -2.26. The summed E-state index contributed by atoms with van der Waals surface area (Å²) < 4.78 is 1.90. The van der Waals surface area contributed by atoms with Gasteiger partial charge in [-0.3, -0.25) is 9.59 Å². The summed E-state index contributed by atoms with van der Waals surface area (Å²) in [7, 11) is 0. The second kappa shape index (κ2) is 8.97. The number of aryl methyl sites for hydroxylation is 2. The van der Waals surface area contributed by atoms with Crippen molar-refractivity contribution in [2.45, 2.75) is 78.7 Å². The van der Waals surface area contributed by atoms with Crippen LogP contribution < -0.4 is 0 Å². The van der Waals surface area contributed by atoms with Gasteiger partial charge in [0.25, 0.3) is 0 Å². The lowest BCUT2D eigenvalue weighted by molar-refractivity contribution is -0.136. The predicted octanol–water partition coefficient (Wildman–Crippen LogP) is 3.61. The van der Waals surface area contributed by atoms with Gasteiger partial charge in [-0.1, -0.05) is 13.8 Å². The number of carbonyl (C=O) groups excluding carboxylic acids is 2. The Bertz CT molecular complexity index is 976. The number of rotatable bonds is 6. The molecule has 2 aromatic rings. The third kappa shape index (κ3) is 4.19. The molecule has 2 unspecified atom stereocenters. The van der Waals surface area contributed by atoms with E-state index in [9.17, 15) is 9.59 Å². The fourth-order valence-electron chi connectivity index (χ4n) is 5.02. The van der Waals surface area contributed by atoms with Gasteiger partial charge >= 0.3 is 0 Å². The Morgan fingerprint density at radius 1 is 1.16 bits per heavy atom. The minimum atomic E-state index is 0.0306. The molecule has 0 aliphatic carbocycles. The smallest absolute Gasteiger partial charge is 0.225 e. The molecule has 2 fully saturated rings. The van der Waals surface area contributed by atoms with Crippen LogP contribution in [0.5, 0.6) is 0 Å². The highest BCUT2D eigenvalue weighted by molar-refractivity contribution is 5.79. The first-order valence-corrected chi connectivity index (χ1v) is 11.8. The van der Waals surface area contributed by atoms with E-state index in [1.54, 1.807) is 0 Å². The van der Waals surface area contributed by atoms with Crippen LogP contribution in [0.2, 0.25) is 0 Å². The Hall–Kier alpha value is -2.44. The third-order valence-corrected chi connectivity index (χ3v) is 7.14. The van der Waals surface area contributed by atoms with Gasteiger partial charge in [0, 0.05) is 49.4 Å². The van der Waals surface area contributed by atoms with Crippen LogP contribution in [0.1, 0.15) is 81.1 Å². The zero-order valence-corrected chi connectivity index (χ0v) is 19.4. The van der Waals surface area contributed by atoms with Gasteiger partial charge in [0.15, 0.2) is 5.65 Å². The van der Waals surface area contributed by atoms with Crippen LogP contribution in [-0.4, -0.2) is 55.8 Å². The molecule has 2 aliphatic rings. The Kier molecular flexibility index (Phi) is 6.30. The molecule has 2 atom stereocenters. The largest absolute Gasteiger partial charge is 0.343 e. The van der Waals surface area contributed by atoms with E-state index < -0.39 is 0 Å². The quantitative estimate of drug-likeness (QED) is 0.709. The van der Waals surface area contributed by atoms with Gasteiger partial charge in [0.2, 0.25) is 11.8 Å². The highest BCUT2D eigenvalue weighted by atomic mass is 16.2. The van der Waals surface area contributed by atoms with E-state index in [0.717, 1.165) is 80.0 Å². The Balaban J connectivity index is 1.57. The summed E-state index contributed by atoms with van der Waals surface area (Å²) in [5.41, 5.74) is 4.86. The van der Waals surface area contributed by atoms with E-state index in [0.29, 0.717) is 12.8 Å². The minimum absolute atomic E-state index is 0.0306. The molecule has 168 valence electrons. The molecule has 2 amide bonds. The van der Waals surface area contributed by atoms with Crippen molar-refractivity contribution in [1.29, 1.82) is 0 Å². The number of aromatic nitrogens is 3. The Morgan fingerprint density at radius 3 is 2.61 bits per heavy atom. The molecule has 2 aliphatic heterocycles. The fourth-order valence-corrected chi connectivity index (χ4v) is 5.02. The van der Waals surface area contributed by atoms with Gasteiger partial charge in [-0.05, 0) is 57.9 Å². The van der Waals surface area contributed by atoms with Gasteiger partial charge in [-0.2, -0.15) is 5.10 Å². The number of likely N-dealkylation sites (tertiary alicyclic amines) is 2. The van der Waals surface area contributed by atoms with Crippen LogP contribution in [0.25, 0.3) is 5.65 Å². The maximum Gasteiger partial charge on any atom is 0.225 e. The summed E-state index contributed by atoms with van der Waals surface area (Å²) in [4.78, 5) is 34.1. The Labute approximate surface area is 184 Å². The van der Waals surface area contributed by atoms with Crippen LogP contribution in [0.4, 0.5) is 0 Å². The van der Waals surface area contributed by atoms with Crippen LogP contribution in [0.3, 0.4) is 0 Å². The number of nitrogens with zero attached hydrogens (tertiary/aromatic N) is 5. The topological polar surface area (TPSA) is 70.8 Å². The summed E-state index contributed by atoms with van der Waals surface area (Å²) in [5, 5.41) is 4.88. The monoisotopic (exact) mass is 425 g/mol. The van der Waals surface area contributed by atoms with Crippen LogP contribution >= 0.6 is 0 Å². The predicted molar refractivity (Wildman–Crippen MR) is 120 cm³/mol. The first kappa shape index (κ1) is 21.8. The highest BCUT2D eigenvalue weighted by Crippen LogP contribution is 2.33. The Morgan fingerprint density at radius 2 is 1.90 bits per heavy atom. The molecular weight excluding hydrogens is 390 g/mol. The van der Waals surface area contributed by atoms with E-state index in [4.69, 9.17) is 10.1 Å². The van der Waals surface area contributed by atoms with Crippen LogP contribution in [0, 0.1) is 19.8 Å². The normalized spacial score (nSPS) is 20.1. The van der Waals surface area contributed by atoms with Crippen molar-refractivity contribution in [1.82, 2.24) is 24.4 Å². The van der Waals surface area contributed by atoms with E-state index in [2.05, 4.69) is 13.8 Å². The standard InChI is InChI=1S/C24H35N5O2/c1-5-16(2)24(31)28-14-8-9-21(28)20-15-22-25-17(3)19(18(4)29(22)26-20)10-11-23(30)27-12-6-7-13-27/h15-16,21H,5-14H2,1-4H3. The average Bonchev–Trinajstić information content (AvgIpc) is 3.52. The lowest BCUT2D eigenvalue weighted by atomic mass is 10.1. The summed E-state index contributed by atoms with van der Waals surface area (Å²) in [6.07, 6.45) is 6.25. The summed E-state index contributed by atoms with van der Waals surface area (Å²) in [6.45, 7) is 10.7. The molecule has 2 aromatic heterocycles. The summed E-state index contributed by atoms with van der Waals surface area (Å²) in [5.74, 6) is 0.506. The molecule has 0 radical (unpaired) electrons.